The van der Waals surface area contributed by atoms with Crippen LogP contribution in [0.5, 0.6) is 0 Å². The molecule has 1 fully saturated rings. The Hall–Kier alpha value is -3.68. The fraction of sp³-hybridized carbons (Fsp3) is 0.344. The molecule has 0 aliphatic carbocycles. The van der Waals surface area contributed by atoms with Crippen LogP contribution < -0.4 is 15.5 Å². The summed E-state index contributed by atoms with van der Waals surface area (Å²) in [4.78, 5) is 43.6. The van der Waals surface area contributed by atoms with Crippen molar-refractivity contribution >= 4 is 40.7 Å². The molecule has 0 radical (unpaired) electrons. The lowest BCUT2D eigenvalue weighted by Crippen LogP contribution is -2.46. The van der Waals surface area contributed by atoms with Gasteiger partial charge in [-0.3, -0.25) is 14.4 Å². The van der Waals surface area contributed by atoms with Crippen molar-refractivity contribution in [3.05, 3.63) is 94.0 Å². The molecule has 2 aliphatic heterocycles. The summed E-state index contributed by atoms with van der Waals surface area (Å²) in [6, 6.07) is 20.0. The average Bonchev–Trinajstić information content (AvgIpc) is 3.09. The highest BCUT2D eigenvalue weighted by Crippen LogP contribution is 2.41. The van der Waals surface area contributed by atoms with Gasteiger partial charge < -0.3 is 20.4 Å². The van der Waals surface area contributed by atoms with Gasteiger partial charge in [0.15, 0.2) is 0 Å². The molecule has 2 heterocycles. The Morgan fingerprint density at radius 1 is 0.975 bits per heavy atom. The number of fused-ring (bicyclic) bond motifs is 1. The summed E-state index contributed by atoms with van der Waals surface area (Å²) in [6.07, 6.45) is 1.96. The summed E-state index contributed by atoms with van der Waals surface area (Å²) in [5, 5.41) is 6.80. The predicted octanol–water partition coefficient (Wildman–Crippen LogP) is 5.64. The second-order valence-corrected chi connectivity index (χ2v) is 11.1. The van der Waals surface area contributed by atoms with Crippen molar-refractivity contribution in [2.75, 3.05) is 36.4 Å². The summed E-state index contributed by atoms with van der Waals surface area (Å²) in [5.74, 6) is -0.184. The Morgan fingerprint density at radius 3 is 2.42 bits per heavy atom. The molecule has 1 saturated heterocycles. The van der Waals surface area contributed by atoms with E-state index in [2.05, 4.69) is 10.6 Å². The molecule has 2 N–H and O–H groups in total. The zero-order valence-corrected chi connectivity index (χ0v) is 23.7. The number of hydrogen-bond donors (Lipinski definition) is 2. The molecular formula is C32H35ClN4O3. The highest BCUT2D eigenvalue weighted by Gasteiger charge is 2.33. The maximum Gasteiger partial charge on any atom is 0.258 e. The predicted molar refractivity (Wildman–Crippen MR) is 159 cm³/mol. The minimum absolute atomic E-state index is 0.0182. The SMILES string of the molecule is Cc1ccccc1C(=O)Nc1ccc(C(=O)N2c3ccc(Cl)cc3C(CC(=O)N3CCNCC3)CCC2C)cc1. The highest BCUT2D eigenvalue weighted by molar-refractivity contribution is 6.30. The first-order valence-electron chi connectivity index (χ1n) is 13.9. The molecule has 0 aromatic heterocycles. The Labute approximate surface area is 240 Å². The van der Waals surface area contributed by atoms with Crippen molar-refractivity contribution in [3.63, 3.8) is 0 Å². The van der Waals surface area contributed by atoms with Crippen LogP contribution in [0.1, 0.15) is 63.9 Å². The number of amides is 3. The number of carbonyl (C=O) groups is 3. The van der Waals surface area contributed by atoms with Crippen LogP contribution in [0.25, 0.3) is 0 Å². The molecule has 2 atom stereocenters. The summed E-state index contributed by atoms with van der Waals surface area (Å²) >= 11 is 6.43. The lowest BCUT2D eigenvalue weighted by atomic mass is 9.90. The molecule has 2 unspecified atom stereocenters. The van der Waals surface area contributed by atoms with Crippen LogP contribution >= 0.6 is 11.6 Å². The van der Waals surface area contributed by atoms with Gasteiger partial charge in [-0.1, -0.05) is 29.8 Å². The van der Waals surface area contributed by atoms with E-state index in [-0.39, 0.29) is 29.7 Å². The second kappa shape index (κ2) is 12.2. The molecule has 3 amide bonds. The van der Waals surface area contributed by atoms with Gasteiger partial charge in [0.2, 0.25) is 5.91 Å². The fourth-order valence-corrected chi connectivity index (χ4v) is 5.85. The molecule has 3 aromatic carbocycles. The number of hydrogen-bond acceptors (Lipinski definition) is 4. The van der Waals surface area contributed by atoms with E-state index < -0.39 is 0 Å². The molecule has 2 aliphatic rings. The van der Waals surface area contributed by atoms with E-state index in [0.717, 1.165) is 55.8 Å². The van der Waals surface area contributed by atoms with Crippen LogP contribution in [0.2, 0.25) is 5.02 Å². The zero-order valence-electron chi connectivity index (χ0n) is 23.0. The maximum absolute atomic E-state index is 13.9. The molecule has 0 spiro atoms. The van der Waals surface area contributed by atoms with Crippen molar-refractivity contribution in [2.45, 2.75) is 45.1 Å². The summed E-state index contributed by atoms with van der Waals surface area (Å²) in [5.41, 5.74) is 4.39. The number of nitrogens with one attached hydrogen (secondary N) is 2. The first-order valence-corrected chi connectivity index (χ1v) is 14.3. The smallest absolute Gasteiger partial charge is 0.258 e. The number of halogens is 1. The first kappa shape index (κ1) is 27.9. The Bertz CT molecular complexity index is 1400. The van der Waals surface area contributed by atoms with E-state index in [0.29, 0.717) is 28.3 Å². The third-order valence-electron chi connectivity index (χ3n) is 7.95. The van der Waals surface area contributed by atoms with Crippen molar-refractivity contribution in [3.8, 4) is 0 Å². The van der Waals surface area contributed by atoms with E-state index in [1.807, 2.05) is 54.0 Å². The lowest BCUT2D eigenvalue weighted by Gasteiger charge is -2.30. The number of benzene rings is 3. The number of carbonyl (C=O) groups excluding carboxylic acids is 3. The average molecular weight is 559 g/mol. The van der Waals surface area contributed by atoms with Gasteiger partial charge in [-0.25, -0.2) is 0 Å². The standard InChI is InChI=1S/C32H35ClN4O3/c1-21-5-3-4-6-27(21)31(39)35-26-12-9-23(10-13-26)32(40)37-22(2)7-8-24(28-20-25(33)11-14-29(28)37)19-30(38)36-17-15-34-16-18-36/h3-6,9-14,20,22,24,34H,7-8,15-19H2,1-2H3,(H,35,39). The zero-order chi connectivity index (χ0) is 28.2. The van der Waals surface area contributed by atoms with Crippen molar-refractivity contribution in [2.24, 2.45) is 0 Å². The number of anilines is 2. The van der Waals surface area contributed by atoms with Crippen molar-refractivity contribution in [1.82, 2.24) is 10.2 Å². The molecule has 5 rings (SSSR count). The minimum Gasteiger partial charge on any atom is -0.340 e. The van der Waals surface area contributed by atoms with Crippen LogP contribution in [0.3, 0.4) is 0 Å². The van der Waals surface area contributed by atoms with E-state index in [4.69, 9.17) is 11.6 Å². The number of rotatable bonds is 5. The van der Waals surface area contributed by atoms with Crippen molar-refractivity contribution < 1.29 is 14.4 Å². The monoisotopic (exact) mass is 558 g/mol. The van der Waals surface area contributed by atoms with Crippen LogP contribution in [0.15, 0.2) is 66.7 Å². The van der Waals surface area contributed by atoms with E-state index >= 15 is 0 Å². The van der Waals surface area contributed by atoms with Crippen LogP contribution in [-0.4, -0.2) is 54.8 Å². The summed E-state index contributed by atoms with van der Waals surface area (Å²) in [7, 11) is 0. The van der Waals surface area contributed by atoms with Gasteiger partial charge in [0.1, 0.15) is 0 Å². The van der Waals surface area contributed by atoms with Gasteiger partial charge >= 0.3 is 0 Å². The van der Waals surface area contributed by atoms with Gasteiger partial charge in [0, 0.05) is 66.2 Å². The molecule has 7 nitrogen and oxygen atoms in total. The maximum atomic E-state index is 13.9. The number of nitrogens with zero attached hydrogens (tertiary/aromatic N) is 2. The van der Waals surface area contributed by atoms with Gasteiger partial charge in [-0.05, 0) is 92.3 Å². The van der Waals surface area contributed by atoms with Crippen LogP contribution in [0.4, 0.5) is 11.4 Å². The van der Waals surface area contributed by atoms with Crippen molar-refractivity contribution in [1.29, 1.82) is 0 Å². The number of piperazine rings is 1. The van der Waals surface area contributed by atoms with Gasteiger partial charge in [0.25, 0.3) is 11.8 Å². The Balaban J connectivity index is 1.36. The quantitative estimate of drug-likeness (QED) is 0.425. The summed E-state index contributed by atoms with van der Waals surface area (Å²) < 4.78 is 0. The van der Waals surface area contributed by atoms with Crippen LogP contribution in [-0.2, 0) is 4.79 Å². The molecule has 0 bridgehead atoms. The normalized spacial score (nSPS) is 19.0. The van der Waals surface area contributed by atoms with Gasteiger partial charge in [0.05, 0.1) is 0 Å². The molecule has 8 heteroatoms. The molecule has 3 aromatic rings. The third kappa shape index (κ3) is 6.06. The molecule has 40 heavy (non-hydrogen) atoms. The van der Waals surface area contributed by atoms with Gasteiger partial charge in [-0.2, -0.15) is 0 Å². The third-order valence-corrected chi connectivity index (χ3v) is 8.19. The van der Waals surface area contributed by atoms with E-state index in [1.54, 1.807) is 36.4 Å². The van der Waals surface area contributed by atoms with Gasteiger partial charge in [-0.15, -0.1) is 0 Å². The van der Waals surface area contributed by atoms with Crippen LogP contribution in [0, 0.1) is 6.92 Å². The topological polar surface area (TPSA) is 81.8 Å². The summed E-state index contributed by atoms with van der Waals surface area (Å²) in [6.45, 7) is 7.01. The first-order chi connectivity index (χ1) is 19.3. The largest absolute Gasteiger partial charge is 0.340 e. The molecular weight excluding hydrogens is 524 g/mol. The lowest BCUT2D eigenvalue weighted by molar-refractivity contribution is -0.132. The molecule has 0 saturated carbocycles. The highest BCUT2D eigenvalue weighted by atomic mass is 35.5. The Kier molecular flexibility index (Phi) is 8.52. The Morgan fingerprint density at radius 2 is 1.70 bits per heavy atom. The molecule has 208 valence electrons. The van der Waals surface area contributed by atoms with E-state index in [1.165, 1.54) is 0 Å². The number of aryl methyl sites for hydroxylation is 1. The fourth-order valence-electron chi connectivity index (χ4n) is 5.67. The second-order valence-electron chi connectivity index (χ2n) is 10.7. The van der Waals surface area contributed by atoms with E-state index in [9.17, 15) is 14.4 Å². The minimum atomic E-state index is -0.189.